The van der Waals surface area contributed by atoms with E-state index in [0.29, 0.717) is 6.54 Å². The molecule has 1 aromatic heterocycles. The number of nitrogens with two attached hydrogens (primary N) is 1. The van der Waals surface area contributed by atoms with Gasteiger partial charge >= 0.3 is 5.91 Å². The first-order valence-electron chi connectivity index (χ1n) is 6.67. The summed E-state index contributed by atoms with van der Waals surface area (Å²) in [5, 5.41) is 2.94. The lowest BCUT2D eigenvalue weighted by molar-refractivity contribution is -0.120. The molecule has 0 spiro atoms. The van der Waals surface area contributed by atoms with Crippen molar-refractivity contribution in [3.8, 4) is 0 Å². The van der Waals surface area contributed by atoms with Gasteiger partial charge in [0.15, 0.2) is 5.76 Å². The predicted molar refractivity (Wildman–Crippen MR) is 72.5 cm³/mol. The van der Waals surface area contributed by atoms with Crippen molar-refractivity contribution in [3.63, 3.8) is 0 Å². The monoisotopic (exact) mass is 280 g/mol. The maximum Gasteiger partial charge on any atom is 0.300 e. The van der Waals surface area contributed by atoms with Gasteiger partial charge in [0.25, 0.3) is 0 Å². The molecule has 2 heterocycles. The summed E-state index contributed by atoms with van der Waals surface area (Å²) < 4.78 is 5.43. The quantitative estimate of drug-likeness (QED) is 0.409. The number of hydrogen-bond donors (Lipinski definition) is 3. The van der Waals surface area contributed by atoms with Gasteiger partial charge in [-0.15, -0.1) is 0 Å². The van der Waals surface area contributed by atoms with Crippen molar-refractivity contribution < 1.29 is 14.0 Å². The van der Waals surface area contributed by atoms with Gasteiger partial charge in [-0.2, -0.15) is 0 Å². The second-order valence-corrected chi connectivity index (χ2v) is 4.99. The first-order chi connectivity index (χ1) is 9.58. The first-order valence-corrected chi connectivity index (χ1v) is 6.67. The second-order valence-electron chi connectivity index (χ2n) is 4.99. The summed E-state index contributed by atoms with van der Waals surface area (Å²) >= 11 is 0. The molecule has 0 aromatic carbocycles. The SMILES string of the molecule is CC(=O)NC1CCN(Cc2ccc(C(=O)NN)o2)CC1. The van der Waals surface area contributed by atoms with Crippen molar-refractivity contribution in [2.24, 2.45) is 5.84 Å². The number of nitrogens with one attached hydrogen (secondary N) is 2. The van der Waals surface area contributed by atoms with E-state index < -0.39 is 5.91 Å². The molecule has 0 bridgehead atoms. The van der Waals surface area contributed by atoms with E-state index in [4.69, 9.17) is 10.3 Å². The number of furan rings is 1. The molecule has 1 aromatic rings. The topological polar surface area (TPSA) is 101 Å². The molecular formula is C13H20N4O3. The molecule has 2 amide bonds. The minimum Gasteiger partial charge on any atom is -0.455 e. The molecule has 0 radical (unpaired) electrons. The van der Waals surface area contributed by atoms with E-state index in [-0.39, 0.29) is 17.7 Å². The average molecular weight is 280 g/mol. The van der Waals surface area contributed by atoms with Crippen LogP contribution in [0.5, 0.6) is 0 Å². The van der Waals surface area contributed by atoms with E-state index in [2.05, 4.69) is 10.2 Å². The number of amides is 2. The Hall–Kier alpha value is -1.86. The van der Waals surface area contributed by atoms with Crippen LogP contribution in [0.1, 0.15) is 36.1 Å². The summed E-state index contributed by atoms with van der Waals surface area (Å²) in [5.74, 6) is 5.59. The second kappa shape index (κ2) is 6.53. The molecule has 7 nitrogen and oxygen atoms in total. The van der Waals surface area contributed by atoms with Crippen LogP contribution < -0.4 is 16.6 Å². The third-order valence-electron chi connectivity index (χ3n) is 3.39. The van der Waals surface area contributed by atoms with Crippen molar-refractivity contribution in [2.45, 2.75) is 32.4 Å². The summed E-state index contributed by atoms with van der Waals surface area (Å²) in [4.78, 5) is 24.5. The van der Waals surface area contributed by atoms with Crippen LogP contribution in [0.2, 0.25) is 0 Å². The van der Waals surface area contributed by atoms with Crippen LogP contribution in [0, 0.1) is 0 Å². The van der Waals surface area contributed by atoms with E-state index in [1.807, 2.05) is 5.43 Å². The third kappa shape index (κ3) is 3.82. The molecule has 1 aliphatic rings. The molecule has 1 aliphatic heterocycles. The summed E-state index contributed by atoms with van der Waals surface area (Å²) in [7, 11) is 0. The Labute approximate surface area is 117 Å². The highest BCUT2D eigenvalue weighted by molar-refractivity contribution is 5.90. The zero-order valence-electron chi connectivity index (χ0n) is 11.5. The lowest BCUT2D eigenvalue weighted by Gasteiger charge is -2.31. The molecule has 0 atom stereocenters. The molecule has 4 N–H and O–H groups in total. The van der Waals surface area contributed by atoms with E-state index in [1.54, 1.807) is 19.1 Å². The Morgan fingerprint density at radius 3 is 2.70 bits per heavy atom. The van der Waals surface area contributed by atoms with Crippen molar-refractivity contribution >= 4 is 11.8 Å². The Morgan fingerprint density at radius 1 is 1.40 bits per heavy atom. The van der Waals surface area contributed by atoms with E-state index in [0.717, 1.165) is 31.7 Å². The number of rotatable bonds is 4. The van der Waals surface area contributed by atoms with Crippen LogP contribution in [0.25, 0.3) is 0 Å². The molecule has 1 saturated heterocycles. The molecule has 110 valence electrons. The Bertz CT molecular complexity index is 478. The standard InChI is InChI=1S/C13H20N4O3/c1-9(18)15-10-4-6-17(7-5-10)8-11-2-3-12(20-11)13(19)16-14/h2-3,10H,4-8,14H2,1H3,(H,15,18)(H,16,19). The smallest absolute Gasteiger partial charge is 0.300 e. The largest absolute Gasteiger partial charge is 0.455 e. The van der Waals surface area contributed by atoms with Gasteiger partial charge in [-0.1, -0.05) is 0 Å². The normalized spacial score (nSPS) is 16.9. The molecule has 7 heteroatoms. The number of piperidine rings is 1. The number of nitrogen functional groups attached to an aromatic ring is 1. The van der Waals surface area contributed by atoms with Crippen molar-refractivity contribution in [1.29, 1.82) is 0 Å². The van der Waals surface area contributed by atoms with E-state index >= 15 is 0 Å². The van der Waals surface area contributed by atoms with Gasteiger partial charge in [0, 0.05) is 26.1 Å². The van der Waals surface area contributed by atoms with Crippen LogP contribution >= 0.6 is 0 Å². The number of carbonyl (C=O) groups excluding carboxylic acids is 2. The number of hydrazine groups is 1. The van der Waals surface area contributed by atoms with Gasteiger partial charge in [-0.3, -0.25) is 19.9 Å². The average Bonchev–Trinajstić information content (AvgIpc) is 2.88. The summed E-state index contributed by atoms with van der Waals surface area (Å²) in [6, 6.07) is 3.66. The zero-order valence-corrected chi connectivity index (χ0v) is 11.5. The maximum atomic E-state index is 11.3. The van der Waals surface area contributed by atoms with Crippen LogP contribution in [0.4, 0.5) is 0 Å². The summed E-state index contributed by atoms with van der Waals surface area (Å²) in [5.41, 5.74) is 2.04. The van der Waals surface area contributed by atoms with Crippen LogP contribution in [0.15, 0.2) is 16.5 Å². The Kier molecular flexibility index (Phi) is 4.75. The fourth-order valence-corrected chi connectivity index (χ4v) is 2.40. The van der Waals surface area contributed by atoms with Crippen molar-refractivity contribution in [1.82, 2.24) is 15.6 Å². The molecule has 20 heavy (non-hydrogen) atoms. The molecule has 0 unspecified atom stereocenters. The van der Waals surface area contributed by atoms with Gasteiger partial charge < -0.3 is 9.73 Å². The predicted octanol–water partition coefficient (Wildman–Crippen LogP) is -0.0164. The van der Waals surface area contributed by atoms with Gasteiger partial charge in [-0.25, -0.2) is 5.84 Å². The van der Waals surface area contributed by atoms with Crippen LogP contribution in [-0.2, 0) is 11.3 Å². The van der Waals surface area contributed by atoms with Crippen LogP contribution in [0.3, 0.4) is 0 Å². The highest BCUT2D eigenvalue weighted by Crippen LogP contribution is 2.15. The molecular weight excluding hydrogens is 260 g/mol. The Morgan fingerprint density at radius 2 is 2.10 bits per heavy atom. The number of nitrogens with zero attached hydrogens (tertiary/aromatic N) is 1. The van der Waals surface area contributed by atoms with Gasteiger partial charge in [-0.05, 0) is 25.0 Å². The highest BCUT2D eigenvalue weighted by atomic mass is 16.4. The highest BCUT2D eigenvalue weighted by Gasteiger charge is 2.20. The molecule has 2 rings (SSSR count). The van der Waals surface area contributed by atoms with Crippen LogP contribution in [-0.4, -0.2) is 35.8 Å². The Balaban J connectivity index is 1.82. The summed E-state index contributed by atoms with van der Waals surface area (Å²) in [6.07, 6.45) is 1.85. The minimum atomic E-state index is -0.430. The fourth-order valence-electron chi connectivity index (χ4n) is 2.40. The number of hydrogen-bond acceptors (Lipinski definition) is 5. The van der Waals surface area contributed by atoms with E-state index in [9.17, 15) is 9.59 Å². The lowest BCUT2D eigenvalue weighted by Crippen LogP contribution is -2.43. The van der Waals surface area contributed by atoms with Gasteiger partial charge in [0.05, 0.1) is 6.54 Å². The molecule has 0 saturated carbocycles. The third-order valence-corrected chi connectivity index (χ3v) is 3.39. The van der Waals surface area contributed by atoms with Gasteiger partial charge in [0.1, 0.15) is 5.76 Å². The maximum absolute atomic E-state index is 11.3. The molecule has 0 aliphatic carbocycles. The van der Waals surface area contributed by atoms with Crippen molar-refractivity contribution in [2.75, 3.05) is 13.1 Å². The first kappa shape index (κ1) is 14.5. The van der Waals surface area contributed by atoms with E-state index in [1.165, 1.54) is 0 Å². The summed E-state index contributed by atoms with van der Waals surface area (Å²) in [6.45, 7) is 3.98. The lowest BCUT2D eigenvalue weighted by atomic mass is 10.1. The van der Waals surface area contributed by atoms with Crippen molar-refractivity contribution in [3.05, 3.63) is 23.7 Å². The molecule has 1 fully saturated rings. The zero-order chi connectivity index (χ0) is 14.5. The number of likely N-dealkylation sites (tertiary alicyclic amines) is 1. The van der Waals surface area contributed by atoms with Gasteiger partial charge in [0.2, 0.25) is 5.91 Å². The fraction of sp³-hybridized carbons (Fsp3) is 0.538. The minimum absolute atomic E-state index is 0.0203. The number of carbonyl (C=O) groups is 2.